The van der Waals surface area contributed by atoms with Crippen LogP contribution in [0.25, 0.3) is 0 Å². The molecule has 0 saturated heterocycles. The normalized spacial score (nSPS) is 11.3. The fraction of sp³-hybridized carbons (Fsp3) is 0.733. The van der Waals surface area contributed by atoms with Crippen molar-refractivity contribution in [2.75, 3.05) is 45.7 Å². The molecule has 1 aromatic heterocycles. The summed E-state index contributed by atoms with van der Waals surface area (Å²) in [5, 5.41) is 3.37. The average Bonchev–Trinajstić information content (AvgIpc) is 2.38. The van der Waals surface area contributed by atoms with Crippen LogP contribution in [-0.4, -0.2) is 55.6 Å². The van der Waals surface area contributed by atoms with Crippen molar-refractivity contribution < 1.29 is 0 Å². The molecule has 0 unspecified atom stereocenters. The summed E-state index contributed by atoms with van der Waals surface area (Å²) in [6.07, 6.45) is 4.86. The van der Waals surface area contributed by atoms with Gasteiger partial charge in [-0.25, -0.2) is 4.98 Å². The molecule has 5 heteroatoms. The minimum absolute atomic E-state index is 0.657. The second-order valence-corrected chi connectivity index (χ2v) is 5.97. The summed E-state index contributed by atoms with van der Waals surface area (Å²) < 4.78 is 0. The number of hydrogen-bond donors (Lipinski definition) is 1. The minimum Gasteiger partial charge on any atom is -0.358 e. The molecule has 0 saturated carbocycles. The molecule has 0 atom stereocenters. The molecule has 1 N–H and O–H groups in total. The van der Waals surface area contributed by atoms with Crippen LogP contribution in [-0.2, 0) is 6.54 Å². The van der Waals surface area contributed by atoms with E-state index in [0.717, 1.165) is 44.1 Å². The highest BCUT2D eigenvalue weighted by Crippen LogP contribution is 2.07. The van der Waals surface area contributed by atoms with Crippen LogP contribution in [0.5, 0.6) is 0 Å². The summed E-state index contributed by atoms with van der Waals surface area (Å²) >= 11 is 0. The van der Waals surface area contributed by atoms with Crippen molar-refractivity contribution in [3.63, 3.8) is 0 Å². The van der Waals surface area contributed by atoms with Gasteiger partial charge in [-0.15, -0.1) is 0 Å². The van der Waals surface area contributed by atoms with E-state index in [0.29, 0.717) is 5.92 Å². The highest BCUT2D eigenvalue weighted by Gasteiger charge is 2.04. The molecule has 0 bridgehead atoms. The summed E-state index contributed by atoms with van der Waals surface area (Å²) in [5.41, 5.74) is 0.996. The summed E-state index contributed by atoms with van der Waals surface area (Å²) in [4.78, 5) is 13.3. The van der Waals surface area contributed by atoms with Crippen molar-refractivity contribution >= 4 is 5.82 Å². The van der Waals surface area contributed by atoms with E-state index in [2.05, 4.69) is 60.1 Å². The Hall–Kier alpha value is -1.20. The molecule has 0 aliphatic rings. The molecule has 0 amide bonds. The van der Waals surface area contributed by atoms with Gasteiger partial charge in [0, 0.05) is 20.1 Å². The van der Waals surface area contributed by atoms with Gasteiger partial charge in [-0.3, -0.25) is 4.98 Å². The molecule has 0 radical (unpaired) electrons. The van der Waals surface area contributed by atoms with Gasteiger partial charge in [-0.1, -0.05) is 13.8 Å². The lowest BCUT2D eigenvalue weighted by Gasteiger charge is -2.19. The van der Waals surface area contributed by atoms with Crippen molar-refractivity contribution in [1.82, 2.24) is 20.2 Å². The molecule has 5 nitrogen and oxygen atoms in total. The predicted molar refractivity (Wildman–Crippen MR) is 85.0 cm³/mol. The Morgan fingerprint density at radius 1 is 1.10 bits per heavy atom. The van der Waals surface area contributed by atoms with Crippen molar-refractivity contribution in [2.24, 2.45) is 5.92 Å². The first-order valence-electron chi connectivity index (χ1n) is 7.36. The zero-order valence-electron chi connectivity index (χ0n) is 13.6. The Balaban J connectivity index is 2.37. The van der Waals surface area contributed by atoms with Crippen LogP contribution in [0.3, 0.4) is 0 Å². The quantitative estimate of drug-likeness (QED) is 0.744. The fourth-order valence-electron chi connectivity index (χ4n) is 1.86. The van der Waals surface area contributed by atoms with Gasteiger partial charge in [0.1, 0.15) is 5.82 Å². The van der Waals surface area contributed by atoms with Gasteiger partial charge < -0.3 is 15.1 Å². The van der Waals surface area contributed by atoms with E-state index in [9.17, 15) is 0 Å². The van der Waals surface area contributed by atoms with Gasteiger partial charge in [0.2, 0.25) is 0 Å². The number of nitrogens with zero attached hydrogens (tertiary/aromatic N) is 4. The molecular weight excluding hydrogens is 250 g/mol. The van der Waals surface area contributed by atoms with Crippen LogP contribution >= 0.6 is 0 Å². The highest BCUT2D eigenvalue weighted by molar-refractivity contribution is 5.34. The van der Waals surface area contributed by atoms with Crippen molar-refractivity contribution in [2.45, 2.75) is 26.8 Å². The minimum atomic E-state index is 0.657. The Kier molecular flexibility index (Phi) is 7.47. The summed E-state index contributed by atoms with van der Waals surface area (Å²) in [5.74, 6) is 1.60. The fourth-order valence-corrected chi connectivity index (χ4v) is 1.86. The van der Waals surface area contributed by atoms with E-state index in [4.69, 9.17) is 0 Å². The van der Waals surface area contributed by atoms with Gasteiger partial charge >= 0.3 is 0 Å². The molecule has 0 spiro atoms. The van der Waals surface area contributed by atoms with E-state index in [1.165, 1.54) is 0 Å². The lowest BCUT2D eigenvalue weighted by atomic mass is 10.2. The summed E-state index contributed by atoms with van der Waals surface area (Å²) in [6.45, 7) is 8.28. The third kappa shape index (κ3) is 6.82. The van der Waals surface area contributed by atoms with Gasteiger partial charge in [-0.2, -0.15) is 0 Å². The van der Waals surface area contributed by atoms with Gasteiger partial charge in [0.15, 0.2) is 0 Å². The standard InChI is InChI=1S/C15H29N5/c1-13(2)9-16-10-14-11-18-15(12-17-14)20(5)8-6-7-19(3)4/h11-13,16H,6-10H2,1-5H3. The monoisotopic (exact) mass is 279 g/mol. The Morgan fingerprint density at radius 3 is 2.40 bits per heavy atom. The molecule has 20 heavy (non-hydrogen) atoms. The smallest absolute Gasteiger partial charge is 0.146 e. The number of rotatable bonds is 9. The van der Waals surface area contributed by atoms with E-state index in [1.807, 2.05) is 12.4 Å². The number of anilines is 1. The first-order valence-corrected chi connectivity index (χ1v) is 7.36. The van der Waals surface area contributed by atoms with Crippen LogP contribution in [0.1, 0.15) is 26.0 Å². The molecule has 0 aliphatic carbocycles. The number of hydrogen-bond acceptors (Lipinski definition) is 5. The van der Waals surface area contributed by atoms with Crippen LogP contribution in [0, 0.1) is 5.92 Å². The van der Waals surface area contributed by atoms with E-state index >= 15 is 0 Å². The zero-order chi connectivity index (χ0) is 15.0. The molecule has 1 rings (SSSR count). The maximum Gasteiger partial charge on any atom is 0.146 e. The van der Waals surface area contributed by atoms with Crippen LogP contribution < -0.4 is 10.2 Å². The lowest BCUT2D eigenvalue weighted by molar-refractivity contribution is 0.401. The second-order valence-electron chi connectivity index (χ2n) is 5.97. The summed E-state index contributed by atoms with van der Waals surface area (Å²) in [7, 11) is 6.26. The topological polar surface area (TPSA) is 44.3 Å². The average molecular weight is 279 g/mol. The van der Waals surface area contributed by atoms with Gasteiger partial charge in [-0.05, 0) is 39.5 Å². The molecule has 0 aliphatic heterocycles. The van der Waals surface area contributed by atoms with Gasteiger partial charge in [0.05, 0.1) is 18.1 Å². The first kappa shape index (κ1) is 16.9. The predicted octanol–water partition coefficient (Wildman–Crippen LogP) is 1.61. The number of aromatic nitrogens is 2. The van der Waals surface area contributed by atoms with Crippen molar-refractivity contribution in [1.29, 1.82) is 0 Å². The van der Waals surface area contributed by atoms with Crippen molar-refractivity contribution in [3.8, 4) is 0 Å². The molecule has 114 valence electrons. The third-order valence-corrected chi connectivity index (χ3v) is 3.04. The zero-order valence-corrected chi connectivity index (χ0v) is 13.6. The molecule has 1 aromatic rings. The summed E-state index contributed by atoms with van der Waals surface area (Å²) in [6, 6.07) is 0. The molecule has 0 fully saturated rings. The second kappa shape index (κ2) is 8.87. The molecule has 0 aromatic carbocycles. The van der Waals surface area contributed by atoms with E-state index < -0.39 is 0 Å². The van der Waals surface area contributed by atoms with Crippen LogP contribution in [0.4, 0.5) is 5.82 Å². The molecular formula is C15H29N5. The Morgan fingerprint density at radius 2 is 1.85 bits per heavy atom. The van der Waals surface area contributed by atoms with E-state index in [1.54, 1.807) is 0 Å². The van der Waals surface area contributed by atoms with Crippen LogP contribution in [0.2, 0.25) is 0 Å². The molecule has 1 heterocycles. The lowest BCUT2D eigenvalue weighted by Crippen LogP contribution is -2.24. The highest BCUT2D eigenvalue weighted by atomic mass is 15.2. The maximum atomic E-state index is 4.48. The first-order chi connectivity index (χ1) is 9.49. The number of nitrogens with one attached hydrogen (secondary N) is 1. The third-order valence-electron chi connectivity index (χ3n) is 3.04. The SMILES string of the molecule is CC(C)CNCc1cnc(N(C)CCCN(C)C)cn1. The van der Waals surface area contributed by atoms with E-state index in [-0.39, 0.29) is 0 Å². The Labute approximate surface area is 123 Å². The van der Waals surface area contributed by atoms with Crippen molar-refractivity contribution in [3.05, 3.63) is 18.1 Å². The maximum absolute atomic E-state index is 4.48. The largest absolute Gasteiger partial charge is 0.358 e. The van der Waals surface area contributed by atoms with Gasteiger partial charge in [0.25, 0.3) is 0 Å². The Bertz CT molecular complexity index is 361. The van der Waals surface area contributed by atoms with Crippen LogP contribution in [0.15, 0.2) is 12.4 Å².